The van der Waals surface area contributed by atoms with Crippen LogP contribution in [-0.4, -0.2) is 11.6 Å². The van der Waals surface area contributed by atoms with Gasteiger partial charge in [-0.2, -0.15) is 0 Å². The number of hydrogen-bond acceptors (Lipinski definition) is 1. The monoisotopic (exact) mass is 244 g/mol. The Kier molecular flexibility index (Phi) is 4.38. The summed E-state index contributed by atoms with van der Waals surface area (Å²) in [6.07, 6.45) is 6.11. The van der Waals surface area contributed by atoms with Gasteiger partial charge in [0, 0.05) is 5.69 Å². The lowest BCUT2D eigenvalue weighted by molar-refractivity contribution is 0.245. The van der Waals surface area contributed by atoms with E-state index in [9.17, 15) is 4.79 Å². The zero-order chi connectivity index (χ0) is 13.8. The Hall–Kier alpha value is -1.95. The Labute approximate surface area is 109 Å². The SMILES string of the molecule is C#C[C@@](C)(CC)NC(=O)Nc1c(C)cccc1C. The maximum absolute atomic E-state index is 11.9. The molecule has 0 saturated heterocycles. The van der Waals surface area contributed by atoms with Crippen LogP contribution in [0, 0.1) is 26.2 Å². The number of para-hydroxylation sites is 1. The number of anilines is 1. The summed E-state index contributed by atoms with van der Waals surface area (Å²) in [4.78, 5) is 11.9. The lowest BCUT2D eigenvalue weighted by atomic mass is 10.0. The maximum atomic E-state index is 11.9. The van der Waals surface area contributed by atoms with E-state index in [1.807, 2.05) is 45.9 Å². The van der Waals surface area contributed by atoms with Crippen LogP contribution in [0.15, 0.2) is 18.2 Å². The zero-order valence-electron chi connectivity index (χ0n) is 11.4. The number of rotatable bonds is 3. The molecular weight excluding hydrogens is 224 g/mol. The van der Waals surface area contributed by atoms with E-state index in [0.29, 0.717) is 6.42 Å². The largest absolute Gasteiger partial charge is 0.322 e. The van der Waals surface area contributed by atoms with Crippen LogP contribution < -0.4 is 10.6 Å². The zero-order valence-corrected chi connectivity index (χ0v) is 11.4. The van der Waals surface area contributed by atoms with Crippen LogP contribution in [0.2, 0.25) is 0 Å². The summed E-state index contributed by atoms with van der Waals surface area (Å²) in [7, 11) is 0. The van der Waals surface area contributed by atoms with E-state index >= 15 is 0 Å². The molecule has 2 amide bonds. The lowest BCUT2D eigenvalue weighted by Gasteiger charge is -2.24. The number of hydrogen-bond donors (Lipinski definition) is 2. The number of terminal acetylenes is 1. The number of carbonyl (C=O) groups is 1. The highest BCUT2D eigenvalue weighted by Gasteiger charge is 2.21. The third-order valence-corrected chi connectivity index (χ3v) is 3.13. The molecule has 1 rings (SSSR count). The van der Waals surface area contributed by atoms with Gasteiger partial charge in [-0.15, -0.1) is 6.42 Å². The molecule has 18 heavy (non-hydrogen) atoms. The van der Waals surface area contributed by atoms with Crippen molar-refractivity contribution in [1.82, 2.24) is 5.32 Å². The van der Waals surface area contributed by atoms with Crippen molar-refractivity contribution in [2.75, 3.05) is 5.32 Å². The summed E-state index contributed by atoms with van der Waals surface area (Å²) < 4.78 is 0. The van der Waals surface area contributed by atoms with Crippen LogP contribution in [0.1, 0.15) is 31.4 Å². The fourth-order valence-electron chi connectivity index (χ4n) is 1.63. The van der Waals surface area contributed by atoms with E-state index in [2.05, 4.69) is 16.6 Å². The molecule has 0 unspecified atom stereocenters. The molecule has 3 heteroatoms. The second-order valence-electron chi connectivity index (χ2n) is 4.68. The predicted octanol–water partition coefficient (Wildman–Crippen LogP) is 3.23. The third kappa shape index (κ3) is 3.27. The van der Waals surface area contributed by atoms with Gasteiger partial charge in [0.05, 0.1) is 5.54 Å². The minimum Gasteiger partial charge on any atom is -0.322 e. The van der Waals surface area contributed by atoms with Crippen molar-refractivity contribution in [3.05, 3.63) is 29.3 Å². The number of aryl methyl sites for hydroxylation is 2. The molecule has 0 aliphatic rings. The van der Waals surface area contributed by atoms with Gasteiger partial charge in [0.1, 0.15) is 0 Å². The normalized spacial score (nSPS) is 13.3. The predicted molar refractivity (Wildman–Crippen MR) is 75.6 cm³/mol. The molecule has 0 aliphatic heterocycles. The molecule has 0 fully saturated rings. The van der Waals surface area contributed by atoms with Crippen molar-refractivity contribution < 1.29 is 4.79 Å². The van der Waals surface area contributed by atoms with Crippen LogP contribution in [0.5, 0.6) is 0 Å². The Morgan fingerprint density at radius 2 is 1.94 bits per heavy atom. The van der Waals surface area contributed by atoms with Gasteiger partial charge in [0.2, 0.25) is 0 Å². The number of nitrogens with one attached hydrogen (secondary N) is 2. The molecule has 0 spiro atoms. The minimum atomic E-state index is -0.610. The average Bonchev–Trinajstić information content (AvgIpc) is 2.34. The van der Waals surface area contributed by atoms with E-state index in [0.717, 1.165) is 16.8 Å². The van der Waals surface area contributed by atoms with E-state index in [-0.39, 0.29) is 6.03 Å². The van der Waals surface area contributed by atoms with Gasteiger partial charge < -0.3 is 10.6 Å². The Morgan fingerprint density at radius 3 is 2.39 bits per heavy atom. The maximum Gasteiger partial charge on any atom is 0.320 e. The van der Waals surface area contributed by atoms with Crippen molar-refractivity contribution in [3.8, 4) is 12.3 Å². The number of urea groups is 1. The Morgan fingerprint density at radius 1 is 1.39 bits per heavy atom. The summed E-state index contributed by atoms with van der Waals surface area (Å²) in [6, 6.07) is 5.62. The molecule has 1 atom stereocenters. The summed E-state index contributed by atoms with van der Waals surface area (Å²) in [5, 5.41) is 5.67. The number of benzene rings is 1. The van der Waals surface area contributed by atoms with Crippen molar-refractivity contribution >= 4 is 11.7 Å². The summed E-state index contributed by atoms with van der Waals surface area (Å²) in [6.45, 7) is 7.70. The van der Waals surface area contributed by atoms with Crippen LogP contribution >= 0.6 is 0 Å². The minimum absolute atomic E-state index is 0.269. The third-order valence-electron chi connectivity index (χ3n) is 3.13. The second kappa shape index (κ2) is 5.59. The van der Waals surface area contributed by atoms with Gasteiger partial charge in [0.15, 0.2) is 0 Å². The lowest BCUT2D eigenvalue weighted by Crippen LogP contribution is -2.46. The van der Waals surface area contributed by atoms with Gasteiger partial charge in [-0.25, -0.2) is 4.79 Å². The van der Waals surface area contributed by atoms with Crippen molar-refractivity contribution in [2.45, 2.75) is 39.7 Å². The van der Waals surface area contributed by atoms with Crippen LogP contribution in [-0.2, 0) is 0 Å². The van der Waals surface area contributed by atoms with E-state index in [1.54, 1.807) is 0 Å². The first kappa shape index (κ1) is 14.1. The molecule has 3 nitrogen and oxygen atoms in total. The Bertz CT molecular complexity index is 468. The van der Waals surface area contributed by atoms with Crippen LogP contribution in [0.4, 0.5) is 10.5 Å². The molecule has 0 bridgehead atoms. The molecule has 2 N–H and O–H groups in total. The van der Waals surface area contributed by atoms with Gasteiger partial charge in [-0.05, 0) is 38.3 Å². The van der Waals surface area contributed by atoms with Gasteiger partial charge in [-0.3, -0.25) is 0 Å². The summed E-state index contributed by atoms with van der Waals surface area (Å²) in [5.74, 6) is 2.60. The van der Waals surface area contributed by atoms with E-state index < -0.39 is 5.54 Å². The van der Waals surface area contributed by atoms with Gasteiger partial charge in [-0.1, -0.05) is 31.0 Å². The topological polar surface area (TPSA) is 41.1 Å². The summed E-state index contributed by atoms with van der Waals surface area (Å²) in [5.41, 5.74) is 2.29. The molecule has 96 valence electrons. The molecule has 0 heterocycles. The molecular formula is C15H20N2O. The number of carbonyl (C=O) groups excluding carboxylic acids is 1. The first-order chi connectivity index (χ1) is 8.41. The van der Waals surface area contributed by atoms with Crippen LogP contribution in [0.25, 0.3) is 0 Å². The molecule has 0 aromatic heterocycles. The van der Waals surface area contributed by atoms with Gasteiger partial charge >= 0.3 is 6.03 Å². The highest BCUT2D eigenvalue weighted by atomic mass is 16.2. The van der Waals surface area contributed by atoms with Crippen LogP contribution in [0.3, 0.4) is 0 Å². The van der Waals surface area contributed by atoms with E-state index in [1.165, 1.54) is 0 Å². The highest BCUT2D eigenvalue weighted by Crippen LogP contribution is 2.19. The van der Waals surface area contributed by atoms with Gasteiger partial charge in [0.25, 0.3) is 0 Å². The van der Waals surface area contributed by atoms with Crippen molar-refractivity contribution in [1.29, 1.82) is 0 Å². The highest BCUT2D eigenvalue weighted by molar-refractivity contribution is 5.91. The first-order valence-corrected chi connectivity index (χ1v) is 6.05. The molecule has 1 aromatic rings. The molecule has 0 saturated carbocycles. The quantitative estimate of drug-likeness (QED) is 0.787. The summed E-state index contributed by atoms with van der Waals surface area (Å²) >= 11 is 0. The smallest absolute Gasteiger partial charge is 0.320 e. The number of amides is 2. The standard InChI is InChI=1S/C15H20N2O/c1-6-15(5,7-2)17-14(18)16-13-11(3)9-8-10-12(13)4/h1,8-10H,7H2,2-5H3,(H2,16,17,18)/t15-/m0/s1. The molecule has 1 aromatic carbocycles. The average molecular weight is 244 g/mol. The first-order valence-electron chi connectivity index (χ1n) is 6.05. The fraction of sp³-hybridized carbons (Fsp3) is 0.400. The fourth-order valence-corrected chi connectivity index (χ4v) is 1.63. The Balaban J connectivity index is 2.81. The molecule has 0 aliphatic carbocycles. The van der Waals surface area contributed by atoms with Crippen molar-refractivity contribution in [3.63, 3.8) is 0 Å². The molecule has 0 radical (unpaired) electrons. The van der Waals surface area contributed by atoms with Crippen molar-refractivity contribution in [2.24, 2.45) is 0 Å². The van der Waals surface area contributed by atoms with E-state index in [4.69, 9.17) is 6.42 Å². The second-order valence-corrected chi connectivity index (χ2v) is 4.68.